The average molecular weight is 342 g/mol. The Kier molecular flexibility index (Phi) is 15.3. The van der Waals surface area contributed by atoms with E-state index in [0.717, 1.165) is 39.0 Å². The number of carbonyl (C=O) groups is 2. The van der Waals surface area contributed by atoms with Crippen LogP contribution in [0.2, 0.25) is 0 Å². The summed E-state index contributed by atoms with van der Waals surface area (Å²) in [7, 11) is 3.92. The Bertz CT molecular complexity index is 425. The predicted octanol–water partition coefficient (Wildman–Crippen LogP) is 2.72. The molecule has 0 aromatic rings. The van der Waals surface area contributed by atoms with E-state index in [1.54, 1.807) is 26.0 Å². The van der Waals surface area contributed by atoms with Gasteiger partial charge in [0.25, 0.3) is 0 Å². The van der Waals surface area contributed by atoms with Crippen LogP contribution < -0.4 is 0 Å². The molecule has 0 aliphatic rings. The fourth-order valence-electron chi connectivity index (χ4n) is 1.72. The van der Waals surface area contributed by atoms with Gasteiger partial charge in [0.1, 0.15) is 0 Å². The summed E-state index contributed by atoms with van der Waals surface area (Å²) >= 11 is 0. The first-order valence-electron chi connectivity index (χ1n) is 8.32. The molecule has 140 valence electrons. The molecule has 0 unspecified atom stereocenters. The van der Waals surface area contributed by atoms with Crippen LogP contribution in [0.4, 0.5) is 0 Å². The van der Waals surface area contributed by atoms with E-state index in [0.29, 0.717) is 11.1 Å². The van der Waals surface area contributed by atoms with E-state index >= 15 is 0 Å². The third-order valence-electron chi connectivity index (χ3n) is 3.49. The standard InChI is InChI=1S/C10H19NO2.C8H15NO2/c1-4-11(5-2)8-6-7-9(3)10(12)13;1-7(8(10)11)5-4-6-9(2)3/h7H,4-6,8H2,1-3H3,(H,12,13);5H,4,6H2,1-3H3,(H,10,11)/b9-7+;7-5+. The molecule has 0 amide bonds. The number of nitrogens with zero attached hydrogens (tertiary/aromatic N) is 2. The van der Waals surface area contributed by atoms with Crippen LogP contribution in [0.1, 0.15) is 40.5 Å². The van der Waals surface area contributed by atoms with Crippen molar-refractivity contribution >= 4 is 11.9 Å². The van der Waals surface area contributed by atoms with Crippen LogP contribution in [0.25, 0.3) is 0 Å². The van der Waals surface area contributed by atoms with E-state index in [9.17, 15) is 9.59 Å². The molecule has 0 fully saturated rings. The van der Waals surface area contributed by atoms with Crippen LogP contribution in [0, 0.1) is 0 Å². The molecule has 0 aromatic carbocycles. The van der Waals surface area contributed by atoms with Crippen molar-refractivity contribution in [2.24, 2.45) is 0 Å². The largest absolute Gasteiger partial charge is 0.478 e. The summed E-state index contributed by atoms with van der Waals surface area (Å²) in [5, 5.41) is 17.0. The van der Waals surface area contributed by atoms with Gasteiger partial charge in [0.05, 0.1) is 0 Å². The summed E-state index contributed by atoms with van der Waals surface area (Å²) in [6.45, 7) is 11.3. The van der Waals surface area contributed by atoms with Gasteiger partial charge in [0, 0.05) is 24.2 Å². The predicted molar refractivity (Wildman–Crippen MR) is 98.4 cm³/mol. The Morgan fingerprint density at radius 1 is 0.833 bits per heavy atom. The minimum atomic E-state index is -0.830. The first kappa shape index (κ1) is 24.6. The molecule has 0 rings (SSSR count). The zero-order valence-corrected chi connectivity index (χ0v) is 16.0. The van der Waals surface area contributed by atoms with Gasteiger partial charge in [-0.1, -0.05) is 26.0 Å². The monoisotopic (exact) mass is 342 g/mol. The third-order valence-corrected chi connectivity index (χ3v) is 3.49. The first-order valence-corrected chi connectivity index (χ1v) is 8.32. The second-order valence-electron chi connectivity index (χ2n) is 5.79. The molecular formula is C18H34N2O4. The molecule has 0 aliphatic heterocycles. The summed E-state index contributed by atoms with van der Waals surface area (Å²) in [5.74, 6) is -1.65. The van der Waals surface area contributed by atoms with Gasteiger partial charge < -0.3 is 20.0 Å². The molecule has 0 spiro atoms. The van der Waals surface area contributed by atoms with E-state index in [-0.39, 0.29) is 0 Å². The second-order valence-corrected chi connectivity index (χ2v) is 5.79. The number of hydrogen-bond donors (Lipinski definition) is 2. The molecular weight excluding hydrogens is 308 g/mol. The highest BCUT2D eigenvalue weighted by molar-refractivity contribution is 5.86. The van der Waals surface area contributed by atoms with E-state index in [2.05, 4.69) is 18.7 Å². The molecule has 0 atom stereocenters. The van der Waals surface area contributed by atoms with E-state index in [1.165, 1.54) is 0 Å². The van der Waals surface area contributed by atoms with Crippen LogP contribution in [0.3, 0.4) is 0 Å². The number of carboxylic acids is 2. The lowest BCUT2D eigenvalue weighted by atomic mass is 10.2. The van der Waals surface area contributed by atoms with E-state index in [1.807, 2.05) is 19.0 Å². The zero-order chi connectivity index (χ0) is 19.1. The van der Waals surface area contributed by atoms with Crippen molar-refractivity contribution in [3.63, 3.8) is 0 Å². The van der Waals surface area contributed by atoms with Crippen molar-refractivity contribution in [1.29, 1.82) is 0 Å². The van der Waals surface area contributed by atoms with Crippen molar-refractivity contribution in [2.75, 3.05) is 40.3 Å². The summed E-state index contributed by atoms with van der Waals surface area (Å²) in [6.07, 6.45) is 5.13. The number of aliphatic carboxylic acids is 2. The maximum absolute atomic E-state index is 10.4. The van der Waals surface area contributed by atoms with Crippen LogP contribution in [-0.2, 0) is 9.59 Å². The Balaban J connectivity index is 0. The van der Waals surface area contributed by atoms with Crippen molar-refractivity contribution in [2.45, 2.75) is 40.5 Å². The molecule has 0 aliphatic carbocycles. The quantitative estimate of drug-likeness (QED) is 0.594. The highest BCUT2D eigenvalue weighted by Gasteiger charge is 2.00. The summed E-state index contributed by atoms with van der Waals surface area (Å²) < 4.78 is 0. The van der Waals surface area contributed by atoms with Crippen molar-refractivity contribution < 1.29 is 19.8 Å². The lowest BCUT2D eigenvalue weighted by molar-refractivity contribution is -0.133. The van der Waals surface area contributed by atoms with Crippen LogP contribution in [0.15, 0.2) is 23.3 Å². The summed E-state index contributed by atoms with van der Waals surface area (Å²) in [4.78, 5) is 25.0. The number of rotatable bonds is 10. The first-order chi connectivity index (χ1) is 11.1. The maximum atomic E-state index is 10.4. The van der Waals surface area contributed by atoms with Crippen molar-refractivity contribution in [1.82, 2.24) is 9.80 Å². The van der Waals surface area contributed by atoms with Gasteiger partial charge in [0.2, 0.25) is 0 Å². The molecule has 0 aromatic heterocycles. The lowest BCUT2D eigenvalue weighted by Crippen LogP contribution is -2.23. The summed E-state index contributed by atoms with van der Waals surface area (Å²) in [6, 6.07) is 0. The third kappa shape index (κ3) is 15.2. The van der Waals surface area contributed by atoms with Gasteiger partial charge in [-0.25, -0.2) is 9.59 Å². The molecule has 0 radical (unpaired) electrons. The van der Waals surface area contributed by atoms with Gasteiger partial charge in [-0.3, -0.25) is 0 Å². The Labute approximate surface area is 146 Å². The van der Waals surface area contributed by atoms with Gasteiger partial charge >= 0.3 is 11.9 Å². The minimum Gasteiger partial charge on any atom is -0.478 e. The molecule has 6 nitrogen and oxygen atoms in total. The molecule has 0 heterocycles. The number of carboxylic acid groups (broad SMARTS) is 2. The maximum Gasteiger partial charge on any atom is 0.330 e. The lowest BCUT2D eigenvalue weighted by Gasteiger charge is -2.16. The van der Waals surface area contributed by atoms with Crippen LogP contribution >= 0.6 is 0 Å². The van der Waals surface area contributed by atoms with Crippen molar-refractivity contribution in [3.05, 3.63) is 23.3 Å². The Morgan fingerprint density at radius 3 is 1.50 bits per heavy atom. The molecule has 0 saturated heterocycles. The van der Waals surface area contributed by atoms with Crippen LogP contribution in [0.5, 0.6) is 0 Å². The topological polar surface area (TPSA) is 81.1 Å². The van der Waals surface area contributed by atoms with Gasteiger partial charge in [-0.15, -0.1) is 0 Å². The Hall–Kier alpha value is -1.66. The minimum absolute atomic E-state index is 0.423. The fourth-order valence-corrected chi connectivity index (χ4v) is 1.72. The second kappa shape index (κ2) is 14.9. The SMILES string of the molecule is C/C(=C\CCN(C)C)C(=O)O.CCN(CC)CC/C=C(\C)C(=O)O. The average Bonchev–Trinajstić information content (AvgIpc) is 2.51. The van der Waals surface area contributed by atoms with E-state index in [4.69, 9.17) is 10.2 Å². The zero-order valence-electron chi connectivity index (χ0n) is 16.0. The fraction of sp³-hybridized carbons (Fsp3) is 0.667. The molecule has 0 saturated carbocycles. The molecule has 6 heteroatoms. The molecule has 0 bridgehead atoms. The molecule has 24 heavy (non-hydrogen) atoms. The van der Waals surface area contributed by atoms with Gasteiger partial charge in [-0.05, 0) is 53.9 Å². The molecule has 2 N–H and O–H groups in total. The Morgan fingerprint density at radius 2 is 1.21 bits per heavy atom. The summed E-state index contributed by atoms with van der Waals surface area (Å²) in [5.41, 5.74) is 0.860. The van der Waals surface area contributed by atoms with Crippen LogP contribution in [-0.4, -0.2) is 72.2 Å². The normalized spacial score (nSPS) is 12.2. The highest BCUT2D eigenvalue weighted by atomic mass is 16.4. The van der Waals surface area contributed by atoms with Gasteiger partial charge in [-0.2, -0.15) is 0 Å². The van der Waals surface area contributed by atoms with Crippen molar-refractivity contribution in [3.8, 4) is 0 Å². The van der Waals surface area contributed by atoms with Gasteiger partial charge in [0.15, 0.2) is 0 Å². The smallest absolute Gasteiger partial charge is 0.330 e. The van der Waals surface area contributed by atoms with E-state index < -0.39 is 11.9 Å². The number of hydrogen-bond acceptors (Lipinski definition) is 4. The highest BCUT2D eigenvalue weighted by Crippen LogP contribution is 1.98.